The SMILES string of the molecule is CCCC1(CCCC2=C(CO)C=C=CC(C)=N2)Cc2ccccc2C1. The number of allylic oxidation sites excluding steroid dienone is 1. The highest BCUT2D eigenvalue weighted by Crippen LogP contribution is 2.44. The van der Waals surface area contributed by atoms with Gasteiger partial charge in [-0.05, 0) is 68.1 Å². The number of rotatable bonds is 7. The molecule has 1 aliphatic carbocycles. The van der Waals surface area contributed by atoms with E-state index in [2.05, 4.69) is 41.9 Å². The van der Waals surface area contributed by atoms with E-state index in [0.29, 0.717) is 5.41 Å². The zero-order valence-corrected chi connectivity index (χ0v) is 15.5. The molecule has 1 heterocycles. The first-order chi connectivity index (χ1) is 12.2. The van der Waals surface area contributed by atoms with E-state index in [1.165, 1.54) is 32.1 Å². The number of fused-ring (bicyclic) bond motifs is 1. The summed E-state index contributed by atoms with van der Waals surface area (Å²) in [5.41, 5.74) is 9.50. The van der Waals surface area contributed by atoms with Gasteiger partial charge >= 0.3 is 0 Å². The highest BCUT2D eigenvalue weighted by molar-refractivity contribution is 5.93. The highest BCUT2D eigenvalue weighted by Gasteiger charge is 2.35. The van der Waals surface area contributed by atoms with Crippen molar-refractivity contribution in [2.45, 2.75) is 58.8 Å². The van der Waals surface area contributed by atoms with E-state index >= 15 is 0 Å². The Morgan fingerprint density at radius 1 is 1.12 bits per heavy atom. The molecule has 0 aromatic heterocycles. The Labute approximate surface area is 151 Å². The molecule has 1 aliphatic heterocycles. The van der Waals surface area contributed by atoms with E-state index < -0.39 is 0 Å². The smallest absolute Gasteiger partial charge is 0.0705 e. The van der Waals surface area contributed by atoms with Gasteiger partial charge in [-0.3, -0.25) is 4.99 Å². The molecule has 2 nitrogen and oxygen atoms in total. The lowest BCUT2D eigenvalue weighted by Crippen LogP contribution is -2.21. The average molecular weight is 335 g/mol. The number of aliphatic hydroxyl groups excluding tert-OH is 1. The van der Waals surface area contributed by atoms with Crippen molar-refractivity contribution in [3.63, 3.8) is 0 Å². The van der Waals surface area contributed by atoms with Gasteiger partial charge in [0, 0.05) is 23.1 Å². The molecule has 0 saturated heterocycles. The van der Waals surface area contributed by atoms with Crippen LogP contribution < -0.4 is 0 Å². The molecule has 0 fully saturated rings. The summed E-state index contributed by atoms with van der Waals surface area (Å²) in [5, 5.41) is 9.62. The topological polar surface area (TPSA) is 32.6 Å². The lowest BCUT2D eigenvalue weighted by atomic mass is 9.76. The van der Waals surface area contributed by atoms with Crippen LogP contribution in [0.15, 0.2) is 58.4 Å². The Hall–Kier alpha value is -1.89. The summed E-state index contributed by atoms with van der Waals surface area (Å²) < 4.78 is 0. The van der Waals surface area contributed by atoms with Gasteiger partial charge in [-0.2, -0.15) is 0 Å². The van der Waals surface area contributed by atoms with Crippen LogP contribution in [0, 0.1) is 5.41 Å². The van der Waals surface area contributed by atoms with Crippen LogP contribution in [0.4, 0.5) is 0 Å². The maximum atomic E-state index is 9.62. The summed E-state index contributed by atoms with van der Waals surface area (Å²) in [4.78, 5) is 4.69. The first-order valence-electron chi connectivity index (χ1n) is 9.53. The van der Waals surface area contributed by atoms with Gasteiger partial charge in [0.15, 0.2) is 0 Å². The van der Waals surface area contributed by atoms with Gasteiger partial charge in [-0.1, -0.05) is 37.6 Å². The number of aliphatic hydroxyl groups is 1. The summed E-state index contributed by atoms with van der Waals surface area (Å²) in [6.45, 7) is 4.33. The minimum Gasteiger partial charge on any atom is -0.392 e. The zero-order chi connectivity index (χ0) is 17.7. The van der Waals surface area contributed by atoms with Crippen LogP contribution in [0.25, 0.3) is 0 Å². The van der Waals surface area contributed by atoms with Crippen LogP contribution in [0.5, 0.6) is 0 Å². The van der Waals surface area contributed by atoms with Crippen molar-refractivity contribution in [1.82, 2.24) is 0 Å². The molecular weight excluding hydrogens is 306 g/mol. The average Bonchev–Trinajstić information content (AvgIpc) is 2.86. The van der Waals surface area contributed by atoms with Crippen LogP contribution >= 0.6 is 0 Å². The summed E-state index contributed by atoms with van der Waals surface area (Å²) in [5.74, 6) is 0. The number of hydrogen-bond donors (Lipinski definition) is 1. The maximum absolute atomic E-state index is 9.62. The van der Waals surface area contributed by atoms with E-state index in [0.717, 1.165) is 29.8 Å². The molecule has 25 heavy (non-hydrogen) atoms. The number of hydrogen-bond acceptors (Lipinski definition) is 2. The maximum Gasteiger partial charge on any atom is 0.0705 e. The Bertz CT molecular complexity index is 722. The second-order valence-electron chi connectivity index (χ2n) is 7.56. The molecule has 0 atom stereocenters. The third kappa shape index (κ3) is 4.21. The molecule has 0 amide bonds. The summed E-state index contributed by atoms with van der Waals surface area (Å²) in [7, 11) is 0. The third-order valence-corrected chi connectivity index (χ3v) is 5.55. The fourth-order valence-electron chi connectivity index (χ4n) is 4.43. The second-order valence-corrected chi connectivity index (χ2v) is 7.56. The van der Waals surface area contributed by atoms with Crippen molar-refractivity contribution in [2.24, 2.45) is 10.4 Å². The van der Waals surface area contributed by atoms with Crippen LogP contribution in [-0.2, 0) is 12.8 Å². The van der Waals surface area contributed by atoms with Gasteiger partial charge in [0.25, 0.3) is 0 Å². The van der Waals surface area contributed by atoms with E-state index in [1.54, 1.807) is 11.1 Å². The normalized spacial score (nSPS) is 18.3. The minimum absolute atomic E-state index is 0.0402. The molecule has 0 bridgehead atoms. The lowest BCUT2D eigenvalue weighted by molar-refractivity contribution is 0.245. The molecule has 3 rings (SSSR count). The molecule has 2 aliphatic rings. The predicted octanol–water partition coefficient (Wildman–Crippen LogP) is 5.17. The molecule has 132 valence electrons. The Morgan fingerprint density at radius 3 is 2.48 bits per heavy atom. The first kappa shape index (κ1) is 17.9. The standard InChI is InChI=1S/C23H29NO/c1-3-13-23(15-19-9-4-5-10-20(19)16-23)14-7-12-22-21(17-25)11-6-8-18(2)24-22/h4-5,8-11,25H,3,7,12-17H2,1-2H3. The molecule has 0 radical (unpaired) electrons. The molecule has 1 aromatic carbocycles. The van der Waals surface area contributed by atoms with E-state index in [1.807, 2.05) is 19.1 Å². The van der Waals surface area contributed by atoms with Crippen molar-refractivity contribution in [1.29, 1.82) is 0 Å². The molecule has 0 spiro atoms. The quantitative estimate of drug-likeness (QED) is 0.685. The van der Waals surface area contributed by atoms with Crippen LogP contribution in [-0.4, -0.2) is 17.4 Å². The lowest BCUT2D eigenvalue weighted by Gasteiger charge is -2.29. The fourth-order valence-corrected chi connectivity index (χ4v) is 4.43. The van der Waals surface area contributed by atoms with E-state index in [9.17, 15) is 5.11 Å². The van der Waals surface area contributed by atoms with Crippen LogP contribution in [0.1, 0.15) is 57.1 Å². The van der Waals surface area contributed by atoms with Gasteiger partial charge in [-0.25, -0.2) is 0 Å². The Morgan fingerprint density at radius 2 is 1.84 bits per heavy atom. The van der Waals surface area contributed by atoms with Gasteiger partial charge in [-0.15, -0.1) is 5.73 Å². The molecular formula is C23H29NO. The largest absolute Gasteiger partial charge is 0.392 e. The monoisotopic (exact) mass is 335 g/mol. The fraction of sp³-hybridized carbons (Fsp3) is 0.478. The minimum atomic E-state index is 0.0402. The van der Waals surface area contributed by atoms with Crippen molar-refractivity contribution >= 4 is 5.71 Å². The van der Waals surface area contributed by atoms with E-state index in [-0.39, 0.29) is 6.61 Å². The highest BCUT2D eigenvalue weighted by atomic mass is 16.3. The second kappa shape index (κ2) is 7.99. The van der Waals surface area contributed by atoms with Gasteiger partial charge < -0.3 is 5.11 Å². The molecule has 0 saturated carbocycles. The number of nitrogens with zero attached hydrogens (tertiary/aromatic N) is 1. The van der Waals surface area contributed by atoms with Crippen molar-refractivity contribution < 1.29 is 5.11 Å². The zero-order valence-electron chi connectivity index (χ0n) is 15.5. The van der Waals surface area contributed by atoms with Crippen molar-refractivity contribution in [2.75, 3.05) is 6.61 Å². The molecule has 0 unspecified atom stereocenters. The van der Waals surface area contributed by atoms with Crippen LogP contribution in [0.3, 0.4) is 0 Å². The van der Waals surface area contributed by atoms with E-state index in [4.69, 9.17) is 0 Å². The third-order valence-electron chi connectivity index (χ3n) is 5.55. The molecule has 1 N–H and O–H groups in total. The van der Waals surface area contributed by atoms with Crippen LogP contribution in [0.2, 0.25) is 0 Å². The summed E-state index contributed by atoms with van der Waals surface area (Å²) in [6.07, 6.45) is 12.0. The molecule has 2 heteroatoms. The molecule has 1 aromatic rings. The number of benzene rings is 1. The Kier molecular flexibility index (Phi) is 5.73. The summed E-state index contributed by atoms with van der Waals surface area (Å²) in [6, 6.07) is 8.94. The summed E-state index contributed by atoms with van der Waals surface area (Å²) >= 11 is 0. The van der Waals surface area contributed by atoms with Crippen molar-refractivity contribution in [3.8, 4) is 0 Å². The van der Waals surface area contributed by atoms with Gasteiger partial charge in [0.1, 0.15) is 0 Å². The number of aliphatic imine (C=N–C) groups is 1. The predicted molar refractivity (Wildman–Crippen MR) is 105 cm³/mol. The van der Waals surface area contributed by atoms with Crippen molar-refractivity contribution in [3.05, 3.63) is 64.5 Å². The first-order valence-corrected chi connectivity index (χ1v) is 9.53. The Balaban J connectivity index is 1.69. The van der Waals surface area contributed by atoms with Gasteiger partial charge in [0.2, 0.25) is 0 Å². The van der Waals surface area contributed by atoms with Gasteiger partial charge in [0.05, 0.1) is 6.61 Å².